The number of aryl methyl sites for hydroxylation is 4. The van der Waals surface area contributed by atoms with Crippen LogP contribution in [0.2, 0.25) is 0 Å². The molecule has 2 atom stereocenters. The Labute approximate surface area is 224 Å². The molecule has 5 aromatic rings. The van der Waals surface area contributed by atoms with Gasteiger partial charge in [-0.15, -0.1) is 0 Å². The second-order valence-electron chi connectivity index (χ2n) is 9.65. The Hall–Kier alpha value is -2.56. The van der Waals surface area contributed by atoms with Gasteiger partial charge in [0.05, 0.1) is 45.7 Å². The van der Waals surface area contributed by atoms with Crippen LogP contribution in [0, 0.1) is 13.8 Å². The highest BCUT2D eigenvalue weighted by Crippen LogP contribution is 2.41. The molecule has 36 heavy (non-hydrogen) atoms. The molecular weight excluding hydrogens is 586 g/mol. The first-order chi connectivity index (χ1) is 17.2. The number of pyridine rings is 1. The third kappa shape index (κ3) is 3.72. The summed E-state index contributed by atoms with van der Waals surface area (Å²) in [6.07, 6.45) is 0.412. The van der Waals surface area contributed by atoms with Crippen molar-refractivity contribution in [1.82, 2.24) is 39.0 Å². The molecule has 5 heterocycles. The second kappa shape index (κ2) is 8.78. The molecule has 4 bridgehead atoms. The van der Waals surface area contributed by atoms with Gasteiger partial charge in [-0.3, -0.25) is 14.6 Å². The fourth-order valence-electron chi connectivity index (χ4n) is 5.38. The second-order valence-corrected chi connectivity index (χ2v) is 11.7. The number of ether oxygens (including phenoxy) is 1. The maximum atomic E-state index is 6.52. The number of hydrogen-bond acceptors (Lipinski definition) is 6. The SMILES string of the molecule is Cc1nn(C)c2c1-c1cc3c(nn(PI)c3c(C)n1)-c1ccc3c(c1)c(nn3C)CN(C)CC(C)O2. The van der Waals surface area contributed by atoms with Crippen molar-refractivity contribution >= 4 is 50.2 Å². The lowest BCUT2D eigenvalue weighted by molar-refractivity contribution is 0.148. The fourth-order valence-corrected chi connectivity index (χ4v) is 6.93. The van der Waals surface area contributed by atoms with E-state index in [0.29, 0.717) is 6.37 Å². The number of likely N-dealkylation sites (N-methyl/N-ethyl adjacent to an activating group) is 1. The first kappa shape index (κ1) is 23.8. The van der Waals surface area contributed by atoms with E-state index in [9.17, 15) is 0 Å². The van der Waals surface area contributed by atoms with Gasteiger partial charge in [0.1, 0.15) is 11.8 Å². The molecule has 9 nitrogen and oxygen atoms in total. The summed E-state index contributed by atoms with van der Waals surface area (Å²) in [6.45, 7) is 7.64. The molecule has 0 spiro atoms. The zero-order valence-corrected chi connectivity index (χ0v) is 24.3. The highest BCUT2D eigenvalue weighted by Gasteiger charge is 2.25. The summed E-state index contributed by atoms with van der Waals surface area (Å²) >= 11 is 2.39. The number of halogens is 1. The smallest absolute Gasteiger partial charge is 0.221 e. The number of benzene rings is 1. The maximum Gasteiger partial charge on any atom is 0.221 e. The largest absolute Gasteiger partial charge is 0.473 e. The van der Waals surface area contributed by atoms with Crippen LogP contribution >= 0.6 is 28.4 Å². The Morgan fingerprint density at radius 3 is 2.58 bits per heavy atom. The number of rotatable bonds is 1. The van der Waals surface area contributed by atoms with Crippen LogP contribution in [0.3, 0.4) is 0 Å². The minimum absolute atomic E-state index is 0.0532. The summed E-state index contributed by atoms with van der Waals surface area (Å²) < 4.78 is 12.4. The van der Waals surface area contributed by atoms with Crippen LogP contribution in [0.1, 0.15) is 24.0 Å². The van der Waals surface area contributed by atoms with Gasteiger partial charge in [0.25, 0.3) is 0 Å². The maximum absolute atomic E-state index is 6.52. The number of aromatic nitrogens is 7. The van der Waals surface area contributed by atoms with E-state index in [1.165, 1.54) is 0 Å². The lowest BCUT2D eigenvalue weighted by Crippen LogP contribution is -2.31. The van der Waals surface area contributed by atoms with Crippen molar-refractivity contribution < 1.29 is 4.74 Å². The van der Waals surface area contributed by atoms with Gasteiger partial charge in [0.15, 0.2) is 0 Å². The molecule has 1 aliphatic rings. The van der Waals surface area contributed by atoms with Crippen LogP contribution in [-0.2, 0) is 20.6 Å². The van der Waals surface area contributed by atoms with Crippen LogP contribution in [0.5, 0.6) is 5.88 Å². The first-order valence-corrected chi connectivity index (χ1v) is 15.9. The van der Waals surface area contributed by atoms with Gasteiger partial charge >= 0.3 is 0 Å². The van der Waals surface area contributed by atoms with E-state index < -0.39 is 0 Å². The van der Waals surface area contributed by atoms with Gasteiger partial charge in [0.2, 0.25) is 5.88 Å². The number of fused-ring (bicyclic) bond motifs is 5. The van der Waals surface area contributed by atoms with E-state index >= 15 is 0 Å². The quantitative estimate of drug-likeness (QED) is 0.195. The van der Waals surface area contributed by atoms with E-state index in [2.05, 4.69) is 76.6 Å². The first-order valence-electron chi connectivity index (χ1n) is 11.9. The summed E-state index contributed by atoms with van der Waals surface area (Å²) in [5.41, 5.74) is 8.90. The Kier molecular flexibility index (Phi) is 5.81. The molecule has 0 saturated carbocycles. The molecule has 0 N–H and O–H groups in total. The van der Waals surface area contributed by atoms with E-state index in [1.54, 1.807) is 0 Å². The van der Waals surface area contributed by atoms with Crippen LogP contribution in [0.4, 0.5) is 0 Å². The van der Waals surface area contributed by atoms with E-state index in [0.717, 1.165) is 80.4 Å². The van der Waals surface area contributed by atoms with Gasteiger partial charge in [-0.2, -0.15) is 15.3 Å². The Morgan fingerprint density at radius 2 is 1.81 bits per heavy atom. The van der Waals surface area contributed by atoms with E-state index in [4.69, 9.17) is 25.0 Å². The minimum atomic E-state index is -0.0532. The molecule has 0 aliphatic carbocycles. The average molecular weight is 614 g/mol. The van der Waals surface area contributed by atoms with Crippen molar-refractivity contribution in [2.75, 3.05) is 13.6 Å². The molecule has 186 valence electrons. The Morgan fingerprint density at radius 1 is 1.00 bits per heavy atom. The molecule has 4 aromatic heterocycles. The summed E-state index contributed by atoms with van der Waals surface area (Å²) in [6, 6.07) is 8.70. The van der Waals surface area contributed by atoms with Crippen molar-refractivity contribution in [1.29, 1.82) is 0 Å². The average Bonchev–Trinajstić information content (AvgIpc) is 3.44. The highest BCUT2D eigenvalue weighted by atomic mass is 127. The summed E-state index contributed by atoms with van der Waals surface area (Å²) in [5.74, 6) is 0.736. The predicted octanol–water partition coefficient (Wildman–Crippen LogP) is 5.01. The van der Waals surface area contributed by atoms with Crippen molar-refractivity contribution in [2.45, 2.75) is 33.4 Å². The zero-order chi connectivity index (χ0) is 25.3. The van der Waals surface area contributed by atoms with Crippen molar-refractivity contribution in [3.63, 3.8) is 0 Å². The Balaban J connectivity index is 1.69. The number of nitrogens with zero attached hydrogens (tertiary/aromatic N) is 8. The third-order valence-electron chi connectivity index (χ3n) is 6.84. The summed E-state index contributed by atoms with van der Waals surface area (Å²) in [5, 5.41) is 16.9. The van der Waals surface area contributed by atoms with Gasteiger partial charge in [-0.1, -0.05) is 6.07 Å². The standard InChI is InChI=1S/C25H28IN8OP/c1-13-11-31(4)12-20-17-9-16(7-8-21(17)32(5)29-20)23-18-10-19(22-14(2)28-33(6)25(22)35-13)27-15(3)24(18)34(30-23)36-26/h7-10,13,36H,11-12H2,1-6H3. The van der Waals surface area contributed by atoms with E-state index in [1.807, 2.05) is 30.4 Å². The number of hydrogen-bond donors (Lipinski definition) is 0. The molecule has 2 unspecified atom stereocenters. The molecule has 0 radical (unpaired) electrons. The van der Waals surface area contributed by atoms with Crippen LogP contribution in [0.25, 0.3) is 44.3 Å². The van der Waals surface area contributed by atoms with Crippen molar-refractivity contribution in [3.8, 4) is 28.4 Å². The van der Waals surface area contributed by atoms with Gasteiger partial charge in [0, 0.05) is 43.5 Å². The summed E-state index contributed by atoms with van der Waals surface area (Å²) in [4.78, 5) is 7.30. The minimum Gasteiger partial charge on any atom is -0.473 e. The lowest BCUT2D eigenvalue weighted by atomic mass is 10.0. The molecule has 1 aromatic carbocycles. The highest BCUT2D eigenvalue weighted by molar-refractivity contribution is 14.2. The molecule has 1 aliphatic heterocycles. The molecule has 0 saturated heterocycles. The van der Waals surface area contributed by atoms with Crippen LogP contribution in [0.15, 0.2) is 24.3 Å². The molecule has 6 rings (SSSR count). The summed E-state index contributed by atoms with van der Waals surface area (Å²) in [7, 11) is 6.04. The molecule has 0 fully saturated rings. The van der Waals surface area contributed by atoms with Crippen molar-refractivity contribution in [2.24, 2.45) is 14.1 Å². The molecule has 11 heteroatoms. The Bertz CT molecular complexity index is 1650. The van der Waals surface area contributed by atoms with Crippen molar-refractivity contribution in [3.05, 3.63) is 41.3 Å². The topological polar surface area (TPSA) is 78.8 Å². The zero-order valence-electron chi connectivity index (χ0n) is 21.2. The normalized spacial score (nSPS) is 16.8. The van der Waals surface area contributed by atoms with E-state index in [-0.39, 0.29) is 6.10 Å². The van der Waals surface area contributed by atoms with Gasteiger partial charge < -0.3 is 4.74 Å². The van der Waals surface area contributed by atoms with Crippen LogP contribution < -0.4 is 4.74 Å². The van der Waals surface area contributed by atoms with Gasteiger partial charge in [-0.05, 0) is 68.1 Å². The third-order valence-corrected chi connectivity index (χ3v) is 8.70. The monoisotopic (exact) mass is 614 g/mol. The molecule has 0 amide bonds. The predicted molar refractivity (Wildman–Crippen MR) is 153 cm³/mol. The lowest BCUT2D eigenvalue weighted by Gasteiger charge is -2.22. The molecular formula is C25H28IN8OP. The fraction of sp³-hybridized carbons (Fsp3) is 0.360. The van der Waals surface area contributed by atoms with Crippen LogP contribution in [-0.4, -0.2) is 58.7 Å². The van der Waals surface area contributed by atoms with Gasteiger partial charge in [-0.25, -0.2) is 9.13 Å².